The van der Waals surface area contributed by atoms with E-state index in [1.807, 2.05) is 0 Å². The van der Waals surface area contributed by atoms with Crippen LogP contribution in [0.25, 0.3) is 0 Å². The molecule has 0 aliphatic carbocycles. The fraction of sp³-hybridized carbons (Fsp3) is 0.684. The molecule has 0 saturated heterocycles. The molecule has 0 fully saturated rings. The molecule has 0 aromatic carbocycles. The number of nitrogens with one attached hydrogen (secondary N) is 4. The third-order valence-electron chi connectivity index (χ3n) is 4.42. The van der Waals surface area contributed by atoms with Crippen LogP contribution in [0.5, 0.6) is 0 Å². The summed E-state index contributed by atoms with van der Waals surface area (Å²) in [6.07, 6.45) is -0.769. The van der Waals surface area contributed by atoms with Gasteiger partial charge in [-0.2, -0.15) is 0 Å². The van der Waals surface area contributed by atoms with Crippen molar-refractivity contribution < 1.29 is 39.0 Å². The molecule has 13 nitrogen and oxygen atoms in total. The largest absolute Gasteiger partial charge is 0.481 e. The zero-order chi connectivity index (χ0) is 25.0. The van der Waals surface area contributed by atoms with Gasteiger partial charge >= 0.3 is 11.9 Å². The molecule has 4 amide bonds. The maximum Gasteiger partial charge on any atom is 0.326 e. The van der Waals surface area contributed by atoms with Crippen LogP contribution in [-0.4, -0.2) is 77.0 Å². The second-order valence-electron chi connectivity index (χ2n) is 7.89. The third-order valence-corrected chi connectivity index (χ3v) is 4.42. The standard InChI is InChI=1S/C19H33N5O8/c1-9(2)15(20)17(29)24-16(10(3)4)18(30)22-7-12(25)21-8-13(26)23-11(19(31)32)5-6-14(27)28/h9-11,15-16H,5-8,20H2,1-4H3,(H,21,25)(H,22,30)(H,23,26)(H,24,29)(H,27,28)(H,31,32)/t11-,15-,16-/m0/s1. The van der Waals surface area contributed by atoms with Crippen LogP contribution in [0, 0.1) is 11.8 Å². The van der Waals surface area contributed by atoms with Gasteiger partial charge in [-0.25, -0.2) is 4.79 Å². The number of aliphatic carboxylic acids is 2. The summed E-state index contributed by atoms with van der Waals surface area (Å²) < 4.78 is 0. The van der Waals surface area contributed by atoms with E-state index in [-0.39, 0.29) is 18.3 Å². The van der Waals surface area contributed by atoms with Crippen LogP contribution in [0.2, 0.25) is 0 Å². The van der Waals surface area contributed by atoms with E-state index < -0.39 is 73.2 Å². The first-order chi connectivity index (χ1) is 14.8. The number of hydrogen-bond donors (Lipinski definition) is 7. The van der Waals surface area contributed by atoms with Gasteiger partial charge in [0.15, 0.2) is 0 Å². The Bertz CT molecular complexity index is 710. The lowest BCUT2D eigenvalue weighted by atomic mass is 10.0. The van der Waals surface area contributed by atoms with Gasteiger partial charge in [-0.1, -0.05) is 27.7 Å². The van der Waals surface area contributed by atoms with Crippen LogP contribution in [0.4, 0.5) is 0 Å². The molecule has 0 unspecified atom stereocenters. The second kappa shape index (κ2) is 14.0. The van der Waals surface area contributed by atoms with Gasteiger partial charge in [0, 0.05) is 6.42 Å². The molecular formula is C19H33N5O8. The predicted octanol–water partition coefficient (Wildman–Crippen LogP) is -2.22. The van der Waals surface area contributed by atoms with Gasteiger partial charge in [-0.05, 0) is 18.3 Å². The topological polar surface area (TPSA) is 217 Å². The molecule has 0 heterocycles. The van der Waals surface area contributed by atoms with E-state index >= 15 is 0 Å². The van der Waals surface area contributed by atoms with Gasteiger partial charge in [0.2, 0.25) is 23.6 Å². The smallest absolute Gasteiger partial charge is 0.326 e. The van der Waals surface area contributed by atoms with Crippen LogP contribution in [0.3, 0.4) is 0 Å². The number of carbonyl (C=O) groups excluding carboxylic acids is 4. The average Bonchev–Trinajstić information content (AvgIpc) is 2.69. The van der Waals surface area contributed by atoms with E-state index in [4.69, 9.17) is 15.9 Å². The molecule has 0 spiro atoms. The summed E-state index contributed by atoms with van der Waals surface area (Å²) in [6.45, 7) is 5.89. The SMILES string of the molecule is CC(C)[C@H](N)C(=O)N[C@H](C(=O)NCC(=O)NCC(=O)N[C@@H](CCC(=O)O)C(=O)O)C(C)C. The summed E-state index contributed by atoms with van der Waals surface area (Å²) >= 11 is 0. The van der Waals surface area contributed by atoms with Crippen LogP contribution in [0.15, 0.2) is 0 Å². The van der Waals surface area contributed by atoms with E-state index in [9.17, 15) is 28.8 Å². The monoisotopic (exact) mass is 459 g/mol. The molecular weight excluding hydrogens is 426 g/mol. The highest BCUT2D eigenvalue weighted by molar-refractivity contribution is 5.93. The molecule has 0 aliphatic heterocycles. The Morgan fingerprint density at radius 2 is 1.34 bits per heavy atom. The highest BCUT2D eigenvalue weighted by atomic mass is 16.4. The Labute approximate surface area is 185 Å². The van der Waals surface area contributed by atoms with E-state index in [2.05, 4.69) is 21.3 Å². The maximum absolute atomic E-state index is 12.4. The minimum atomic E-state index is -1.41. The van der Waals surface area contributed by atoms with Crippen molar-refractivity contribution in [1.82, 2.24) is 21.3 Å². The summed E-state index contributed by atoms with van der Waals surface area (Å²) in [7, 11) is 0. The first-order valence-corrected chi connectivity index (χ1v) is 10.1. The number of carboxylic acid groups (broad SMARTS) is 2. The van der Waals surface area contributed by atoms with Crippen LogP contribution < -0.4 is 27.0 Å². The lowest BCUT2D eigenvalue weighted by Gasteiger charge is -2.24. The highest BCUT2D eigenvalue weighted by Gasteiger charge is 2.28. The first kappa shape index (κ1) is 28.8. The predicted molar refractivity (Wildman–Crippen MR) is 112 cm³/mol. The summed E-state index contributed by atoms with van der Waals surface area (Å²) in [5.74, 6) is -5.70. The summed E-state index contributed by atoms with van der Waals surface area (Å²) in [5.41, 5.74) is 5.77. The molecule has 8 N–H and O–H groups in total. The van der Waals surface area contributed by atoms with E-state index in [0.717, 1.165) is 0 Å². The number of rotatable bonds is 14. The van der Waals surface area contributed by atoms with Crippen LogP contribution in [-0.2, 0) is 28.8 Å². The quantitative estimate of drug-likeness (QED) is 0.149. The van der Waals surface area contributed by atoms with Crippen molar-refractivity contribution in [3.05, 3.63) is 0 Å². The van der Waals surface area contributed by atoms with Crippen molar-refractivity contribution in [1.29, 1.82) is 0 Å². The van der Waals surface area contributed by atoms with Crippen molar-refractivity contribution in [2.75, 3.05) is 13.1 Å². The Hall–Kier alpha value is -3.22. The number of hydrogen-bond acceptors (Lipinski definition) is 7. The zero-order valence-corrected chi connectivity index (χ0v) is 18.6. The van der Waals surface area contributed by atoms with Crippen molar-refractivity contribution in [3.8, 4) is 0 Å². The third kappa shape index (κ3) is 11.2. The maximum atomic E-state index is 12.4. The molecule has 182 valence electrons. The number of carboxylic acids is 2. The van der Waals surface area contributed by atoms with E-state index in [0.29, 0.717) is 0 Å². The van der Waals surface area contributed by atoms with Crippen molar-refractivity contribution in [2.45, 2.75) is 58.7 Å². The average molecular weight is 460 g/mol. The Kier molecular flexibility index (Phi) is 12.6. The molecule has 32 heavy (non-hydrogen) atoms. The highest BCUT2D eigenvalue weighted by Crippen LogP contribution is 2.05. The minimum Gasteiger partial charge on any atom is -0.481 e. The molecule has 13 heteroatoms. The van der Waals surface area contributed by atoms with E-state index in [1.54, 1.807) is 27.7 Å². The lowest BCUT2D eigenvalue weighted by Crippen LogP contribution is -2.55. The second-order valence-corrected chi connectivity index (χ2v) is 7.89. The number of carbonyl (C=O) groups is 6. The van der Waals surface area contributed by atoms with Crippen LogP contribution >= 0.6 is 0 Å². The Morgan fingerprint density at radius 1 is 0.781 bits per heavy atom. The fourth-order valence-electron chi connectivity index (χ4n) is 2.38. The Balaban J connectivity index is 4.59. The van der Waals surface area contributed by atoms with Gasteiger partial charge in [0.25, 0.3) is 0 Å². The fourth-order valence-corrected chi connectivity index (χ4v) is 2.38. The molecule has 0 aromatic heterocycles. The molecule has 0 radical (unpaired) electrons. The minimum absolute atomic E-state index is 0.132. The summed E-state index contributed by atoms with van der Waals surface area (Å²) in [5, 5.41) is 26.8. The van der Waals surface area contributed by atoms with E-state index in [1.165, 1.54) is 0 Å². The van der Waals surface area contributed by atoms with Crippen molar-refractivity contribution in [2.24, 2.45) is 17.6 Å². The van der Waals surface area contributed by atoms with Crippen molar-refractivity contribution in [3.63, 3.8) is 0 Å². The van der Waals surface area contributed by atoms with Gasteiger partial charge < -0.3 is 37.2 Å². The molecule has 0 aliphatic rings. The Morgan fingerprint density at radius 3 is 1.81 bits per heavy atom. The molecule has 0 aromatic rings. The molecule has 0 rings (SSSR count). The van der Waals surface area contributed by atoms with Gasteiger partial charge in [-0.3, -0.25) is 24.0 Å². The van der Waals surface area contributed by atoms with Gasteiger partial charge in [-0.15, -0.1) is 0 Å². The zero-order valence-electron chi connectivity index (χ0n) is 18.6. The summed E-state index contributed by atoms with van der Waals surface area (Å²) in [6, 6.07) is -3.13. The van der Waals surface area contributed by atoms with Gasteiger partial charge in [0.05, 0.1) is 19.1 Å². The summed E-state index contributed by atoms with van der Waals surface area (Å²) in [4.78, 5) is 69.8. The number of nitrogens with two attached hydrogens (primary N) is 1. The van der Waals surface area contributed by atoms with Gasteiger partial charge in [0.1, 0.15) is 12.1 Å². The molecule has 3 atom stereocenters. The normalized spacial score (nSPS) is 13.6. The first-order valence-electron chi connectivity index (χ1n) is 10.1. The molecule has 0 saturated carbocycles. The molecule has 0 bridgehead atoms. The van der Waals surface area contributed by atoms with Crippen LogP contribution in [0.1, 0.15) is 40.5 Å². The lowest BCUT2D eigenvalue weighted by molar-refractivity contribution is -0.143. The number of amides is 4. The van der Waals surface area contributed by atoms with Crippen molar-refractivity contribution >= 4 is 35.6 Å².